The molecule has 0 amide bonds. The van der Waals surface area contributed by atoms with Gasteiger partial charge in [0.15, 0.2) is 0 Å². The second-order valence-corrected chi connectivity index (χ2v) is 8.98. The largest absolute Gasteiger partial charge is 0.493 e. The number of nitrogens with one attached hydrogen (secondary N) is 1. The molecule has 0 bridgehead atoms. The van der Waals surface area contributed by atoms with Gasteiger partial charge in [-0.25, -0.2) is 8.42 Å². The maximum Gasteiger partial charge on any atom is 0.261 e. The highest BCUT2D eigenvalue weighted by atomic mass is 32.2. The third kappa shape index (κ3) is 7.00. The monoisotopic (exact) mass is 435 g/mol. The van der Waals surface area contributed by atoms with Crippen molar-refractivity contribution in [2.75, 3.05) is 11.3 Å². The quantitative estimate of drug-likeness (QED) is 0.359. The summed E-state index contributed by atoms with van der Waals surface area (Å²) < 4.78 is 33.6. The fraction of sp³-hybridized carbons (Fsp3) is 0.231. The first-order valence-electron chi connectivity index (χ1n) is 10.6. The van der Waals surface area contributed by atoms with Crippen LogP contribution in [0.4, 0.5) is 5.69 Å². The number of rotatable bonds is 11. The Balaban J connectivity index is 1.50. The van der Waals surface area contributed by atoms with Crippen molar-refractivity contribution in [1.82, 2.24) is 0 Å². The summed E-state index contributed by atoms with van der Waals surface area (Å²) >= 11 is 0. The van der Waals surface area contributed by atoms with Crippen molar-refractivity contribution in [2.45, 2.75) is 37.5 Å². The van der Waals surface area contributed by atoms with Crippen LogP contribution in [0.3, 0.4) is 0 Å². The van der Waals surface area contributed by atoms with E-state index in [-0.39, 0.29) is 4.90 Å². The predicted octanol–water partition coefficient (Wildman–Crippen LogP) is 6.31. The molecule has 0 heterocycles. The van der Waals surface area contributed by atoms with Gasteiger partial charge in [0.05, 0.1) is 11.5 Å². The van der Waals surface area contributed by atoms with Gasteiger partial charge in [-0.2, -0.15) is 0 Å². The van der Waals surface area contributed by atoms with Gasteiger partial charge in [0.1, 0.15) is 5.75 Å². The Bertz CT molecular complexity index is 1090. The highest BCUT2D eigenvalue weighted by Gasteiger charge is 2.13. The van der Waals surface area contributed by atoms with E-state index in [4.69, 9.17) is 4.74 Å². The fourth-order valence-corrected chi connectivity index (χ4v) is 4.31. The van der Waals surface area contributed by atoms with Crippen molar-refractivity contribution >= 4 is 21.8 Å². The molecule has 0 aromatic heterocycles. The van der Waals surface area contributed by atoms with Crippen LogP contribution < -0.4 is 9.46 Å². The lowest BCUT2D eigenvalue weighted by molar-refractivity contribution is 0.309. The number of hydrogen-bond acceptors (Lipinski definition) is 3. The number of anilines is 1. The summed E-state index contributed by atoms with van der Waals surface area (Å²) in [4.78, 5) is 0.247. The molecule has 1 N–H and O–H groups in total. The van der Waals surface area contributed by atoms with Crippen molar-refractivity contribution < 1.29 is 13.2 Å². The zero-order valence-corrected chi connectivity index (χ0v) is 18.6. The van der Waals surface area contributed by atoms with E-state index in [1.807, 2.05) is 36.4 Å². The molecule has 4 nitrogen and oxygen atoms in total. The molecule has 3 aromatic rings. The topological polar surface area (TPSA) is 55.4 Å². The van der Waals surface area contributed by atoms with Crippen LogP contribution in [-0.2, 0) is 16.4 Å². The third-order valence-corrected chi connectivity index (χ3v) is 6.16. The van der Waals surface area contributed by atoms with E-state index >= 15 is 0 Å². The van der Waals surface area contributed by atoms with Crippen LogP contribution >= 0.6 is 0 Å². The minimum absolute atomic E-state index is 0.247. The molecule has 0 saturated carbocycles. The van der Waals surface area contributed by atoms with E-state index in [0.29, 0.717) is 12.3 Å². The Kier molecular flexibility index (Phi) is 8.30. The van der Waals surface area contributed by atoms with Crippen molar-refractivity contribution in [3.8, 4) is 5.75 Å². The van der Waals surface area contributed by atoms with Gasteiger partial charge in [0.25, 0.3) is 10.0 Å². The highest BCUT2D eigenvalue weighted by Crippen LogP contribution is 2.20. The molecule has 0 unspecified atom stereocenters. The fourth-order valence-electron chi connectivity index (χ4n) is 3.24. The summed E-state index contributed by atoms with van der Waals surface area (Å²) in [6.07, 6.45) is 8.02. The number of para-hydroxylation sites is 1. The van der Waals surface area contributed by atoms with Crippen LogP contribution in [0.2, 0.25) is 0 Å². The van der Waals surface area contributed by atoms with Gasteiger partial charge < -0.3 is 4.74 Å². The first-order chi connectivity index (χ1) is 15.1. The van der Waals surface area contributed by atoms with Crippen molar-refractivity contribution in [3.63, 3.8) is 0 Å². The molecule has 31 heavy (non-hydrogen) atoms. The van der Waals surface area contributed by atoms with Crippen molar-refractivity contribution in [2.24, 2.45) is 0 Å². The van der Waals surface area contributed by atoms with Crippen molar-refractivity contribution in [3.05, 3.63) is 96.1 Å². The minimum atomic E-state index is -3.59. The number of allylic oxidation sites excluding steroid dienone is 1. The zero-order chi connectivity index (χ0) is 21.9. The Morgan fingerprint density at radius 1 is 0.935 bits per heavy atom. The molecular formula is C26H29NO3S. The summed E-state index contributed by atoms with van der Waals surface area (Å²) in [5, 5.41) is 0. The van der Waals surface area contributed by atoms with Crippen LogP contribution in [0.25, 0.3) is 6.08 Å². The van der Waals surface area contributed by atoms with Crippen LogP contribution in [0.5, 0.6) is 5.75 Å². The molecule has 0 aliphatic carbocycles. The van der Waals surface area contributed by atoms with Crippen LogP contribution in [0.1, 0.15) is 37.3 Å². The Hall–Kier alpha value is -3.05. The molecule has 0 atom stereocenters. The summed E-state index contributed by atoms with van der Waals surface area (Å²) in [7, 11) is -3.59. The van der Waals surface area contributed by atoms with Gasteiger partial charge in [0, 0.05) is 5.69 Å². The van der Waals surface area contributed by atoms with E-state index < -0.39 is 10.0 Å². The summed E-state index contributed by atoms with van der Waals surface area (Å²) in [5.41, 5.74) is 2.75. The normalized spacial score (nSPS) is 11.5. The number of sulfonamides is 1. The number of unbranched alkanes of at least 4 members (excludes halogenated alkanes) is 1. The van der Waals surface area contributed by atoms with E-state index in [1.165, 1.54) is 5.56 Å². The lowest BCUT2D eigenvalue weighted by atomic mass is 10.1. The predicted molar refractivity (Wildman–Crippen MR) is 128 cm³/mol. The Morgan fingerprint density at radius 3 is 2.52 bits per heavy atom. The van der Waals surface area contributed by atoms with Gasteiger partial charge in [0.2, 0.25) is 0 Å². The van der Waals surface area contributed by atoms with E-state index in [9.17, 15) is 8.42 Å². The van der Waals surface area contributed by atoms with E-state index in [1.54, 1.807) is 36.4 Å². The molecule has 0 fully saturated rings. The van der Waals surface area contributed by atoms with Gasteiger partial charge in [-0.1, -0.05) is 74.0 Å². The Morgan fingerprint density at radius 2 is 1.71 bits per heavy atom. The third-order valence-electron chi connectivity index (χ3n) is 4.77. The van der Waals surface area contributed by atoms with E-state index in [0.717, 1.165) is 37.0 Å². The second kappa shape index (κ2) is 11.4. The maximum atomic E-state index is 12.5. The SMILES string of the molecule is CCCc1ccccc1OCCC/C=C/c1cccc(NS(=O)(=O)c2ccccc2)c1. The lowest BCUT2D eigenvalue weighted by Gasteiger charge is -2.10. The highest BCUT2D eigenvalue weighted by molar-refractivity contribution is 7.92. The molecule has 5 heteroatoms. The van der Waals surface area contributed by atoms with E-state index in [2.05, 4.69) is 29.9 Å². The minimum Gasteiger partial charge on any atom is -0.493 e. The molecular weight excluding hydrogens is 406 g/mol. The van der Waals surface area contributed by atoms with Crippen molar-refractivity contribution in [1.29, 1.82) is 0 Å². The number of ether oxygens (including phenoxy) is 1. The van der Waals surface area contributed by atoms with Gasteiger partial charge in [-0.15, -0.1) is 0 Å². The summed E-state index contributed by atoms with van der Waals surface area (Å²) in [6, 6.07) is 23.9. The van der Waals surface area contributed by atoms with Gasteiger partial charge in [-0.3, -0.25) is 4.72 Å². The Labute approximate surface area is 185 Å². The number of benzene rings is 3. The number of hydrogen-bond donors (Lipinski definition) is 1. The van der Waals surface area contributed by atoms with Gasteiger partial charge >= 0.3 is 0 Å². The molecule has 0 saturated heterocycles. The number of aryl methyl sites for hydroxylation is 1. The van der Waals surface area contributed by atoms with Crippen LogP contribution in [0, 0.1) is 0 Å². The smallest absolute Gasteiger partial charge is 0.261 e. The first kappa shape index (κ1) is 22.6. The molecule has 0 aliphatic heterocycles. The van der Waals surface area contributed by atoms with Gasteiger partial charge in [-0.05, 0) is 60.7 Å². The molecule has 0 aliphatic rings. The zero-order valence-electron chi connectivity index (χ0n) is 17.8. The first-order valence-corrected chi connectivity index (χ1v) is 12.1. The van der Waals surface area contributed by atoms with Crippen LogP contribution in [0.15, 0.2) is 89.8 Å². The molecule has 3 rings (SSSR count). The summed E-state index contributed by atoms with van der Waals surface area (Å²) in [5.74, 6) is 0.978. The average Bonchev–Trinajstić information content (AvgIpc) is 2.78. The lowest BCUT2D eigenvalue weighted by Crippen LogP contribution is -2.12. The maximum absolute atomic E-state index is 12.5. The standard InChI is InChI=1S/C26H29NO3S/c1-2-12-23-15-8-9-19-26(23)30-20-10-4-5-13-22-14-11-16-24(21-22)27-31(28,29)25-17-6-3-7-18-25/h3,5-9,11,13-19,21,27H,2,4,10,12,20H2,1H3/b13-5+. The molecule has 0 radical (unpaired) electrons. The average molecular weight is 436 g/mol. The second-order valence-electron chi connectivity index (χ2n) is 7.29. The molecule has 0 spiro atoms. The summed E-state index contributed by atoms with van der Waals surface area (Å²) in [6.45, 7) is 2.84. The van der Waals surface area contributed by atoms with Crippen LogP contribution in [-0.4, -0.2) is 15.0 Å². The molecule has 162 valence electrons. The molecule has 3 aromatic carbocycles.